The van der Waals surface area contributed by atoms with Crippen molar-refractivity contribution in [1.82, 2.24) is 14.5 Å². The Morgan fingerprint density at radius 1 is 1.00 bits per heavy atom. The monoisotopic (exact) mass is 585 g/mol. The molecule has 2 aromatic carbocycles. The number of nitrogens with one attached hydrogen (secondary N) is 1. The van der Waals surface area contributed by atoms with Crippen molar-refractivity contribution < 1.29 is 28.7 Å². The number of hydrogen-bond donors (Lipinski definition) is 1. The van der Waals surface area contributed by atoms with Crippen LogP contribution < -0.4 is 15.6 Å². The van der Waals surface area contributed by atoms with Gasteiger partial charge in [-0.05, 0) is 31.2 Å². The number of aromatic nitrogens is 2. The second-order valence-corrected chi connectivity index (χ2v) is 11.1. The van der Waals surface area contributed by atoms with E-state index >= 15 is 0 Å². The summed E-state index contributed by atoms with van der Waals surface area (Å²) < 4.78 is 13.7. The number of pyridine rings is 1. The Morgan fingerprint density at radius 2 is 1.72 bits per heavy atom. The summed E-state index contributed by atoms with van der Waals surface area (Å²) in [6.45, 7) is 0.861. The summed E-state index contributed by atoms with van der Waals surface area (Å²) in [6, 6.07) is 15.9. The molecule has 2 heterocycles. The lowest BCUT2D eigenvalue weighted by Gasteiger charge is -2.29. The van der Waals surface area contributed by atoms with Gasteiger partial charge in [0.1, 0.15) is 12.0 Å². The van der Waals surface area contributed by atoms with Crippen molar-refractivity contribution in [3.63, 3.8) is 0 Å². The van der Waals surface area contributed by atoms with Gasteiger partial charge in [0.2, 0.25) is 0 Å². The number of esters is 1. The molecule has 2 unspecified atom stereocenters. The number of carbonyl (C=O) groups is 4. The third-order valence-corrected chi connectivity index (χ3v) is 8.15. The fourth-order valence-electron chi connectivity index (χ4n) is 6.22. The number of benzene rings is 2. The highest BCUT2D eigenvalue weighted by atomic mass is 16.5. The second-order valence-electron chi connectivity index (χ2n) is 11.1. The van der Waals surface area contributed by atoms with Crippen molar-refractivity contribution in [2.75, 3.05) is 13.7 Å². The van der Waals surface area contributed by atoms with Crippen LogP contribution in [0.15, 0.2) is 59.4 Å². The van der Waals surface area contributed by atoms with Gasteiger partial charge in [-0.1, -0.05) is 55.0 Å². The minimum absolute atomic E-state index is 0.0646. The standard InChI is InChI=1S/C33H35N3O7/c1-20(37)43-19-24(38)17-21-10-9-13-23(16-21)34-32(40)30-31(42-3)28-29(35(30)2)25-14-7-8-15-26(25)36(33(28)41)18-27(39)22-11-5-4-6-12-22/h4-8,11-12,14-15,21,23H,9-10,13,16-19H2,1-3H3,(H,34,40). The fourth-order valence-corrected chi connectivity index (χ4v) is 6.22. The second kappa shape index (κ2) is 12.6. The van der Waals surface area contributed by atoms with Crippen LogP contribution in [0.2, 0.25) is 0 Å². The molecule has 1 N–H and O–H groups in total. The van der Waals surface area contributed by atoms with E-state index in [0.717, 1.165) is 19.3 Å². The number of ether oxygens (including phenoxy) is 2. The number of Topliss-reactive ketones (excluding diaryl/α,β-unsaturated/α-hetero) is 2. The number of aryl methyl sites for hydroxylation is 1. The van der Waals surface area contributed by atoms with Crippen LogP contribution in [-0.4, -0.2) is 52.3 Å². The molecule has 224 valence electrons. The van der Waals surface area contributed by atoms with Crippen LogP contribution in [-0.2, 0) is 27.9 Å². The molecule has 4 aromatic rings. The Kier molecular flexibility index (Phi) is 8.75. The zero-order valence-electron chi connectivity index (χ0n) is 24.6. The molecular weight excluding hydrogens is 550 g/mol. The molecule has 2 aromatic heterocycles. The van der Waals surface area contributed by atoms with Crippen molar-refractivity contribution in [3.05, 3.63) is 76.2 Å². The summed E-state index contributed by atoms with van der Waals surface area (Å²) in [5.74, 6) is -1.02. The lowest BCUT2D eigenvalue weighted by atomic mass is 9.83. The first-order chi connectivity index (χ1) is 20.7. The molecule has 1 aliphatic rings. The van der Waals surface area contributed by atoms with Crippen molar-refractivity contribution in [3.8, 4) is 5.75 Å². The highest BCUT2D eigenvalue weighted by Gasteiger charge is 2.31. The van der Waals surface area contributed by atoms with Gasteiger partial charge in [-0.3, -0.25) is 28.5 Å². The molecule has 1 fully saturated rings. The van der Waals surface area contributed by atoms with E-state index in [1.807, 2.05) is 18.2 Å². The number of carbonyl (C=O) groups excluding carboxylic acids is 4. The van der Waals surface area contributed by atoms with Crippen LogP contribution in [0.1, 0.15) is 59.9 Å². The smallest absolute Gasteiger partial charge is 0.303 e. The number of hydrogen-bond acceptors (Lipinski definition) is 7. The maximum absolute atomic E-state index is 14.0. The molecule has 0 radical (unpaired) electrons. The molecule has 1 amide bonds. The quantitative estimate of drug-likeness (QED) is 0.218. The van der Waals surface area contributed by atoms with Crippen LogP contribution in [0, 0.1) is 5.92 Å². The first-order valence-electron chi connectivity index (χ1n) is 14.4. The van der Waals surface area contributed by atoms with Crippen LogP contribution in [0.5, 0.6) is 5.75 Å². The predicted molar refractivity (Wildman–Crippen MR) is 161 cm³/mol. The summed E-state index contributed by atoms with van der Waals surface area (Å²) in [5, 5.41) is 4.04. The van der Waals surface area contributed by atoms with Gasteiger partial charge in [0.25, 0.3) is 11.5 Å². The molecule has 10 heteroatoms. The van der Waals surface area contributed by atoms with E-state index in [9.17, 15) is 24.0 Å². The highest BCUT2D eigenvalue weighted by Crippen LogP contribution is 2.35. The summed E-state index contributed by atoms with van der Waals surface area (Å²) in [6.07, 6.45) is 3.34. The number of para-hydroxylation sites is 1. The third-order valence-electron chi connectivity index (χ3n) is 8.15. The van der Waals surface area contributed by atoms with Gasteiger partial charge < -0.3 is 19.4 Å². The first-order valence-corrected chi connectivity index (χ1v) is 14.4. The lowest BCUT2D eigenvalue weighted by Crippen LogP contribution is -2.39. The van der Waals surface area contributed by atoms with Crippen molar-refractivity contribution in [2.45, 2.75) is 51.6 Å². The SMILES string of the molecule is COc1c(C(=O)NC2CCCC(CC(=O)COC(C)=O)C2)n(C)c2c1c(=O)n(CC(=O)c1ccccc1)c1ccccc21. The molecule has 5 rings (SSSR count). The van der Waals surface area contributed by atoms with Crippen LogP contribution in [0.25, 0.3) is 21.8 Å². The lowest BCUT2D eigenvalue weighted by molar-refractivity contribution is -0.146. The zero-order valence-corrected chi connectivity index (χ0v) is 24.6. The molecule has 0 bridgehead atoms. The van der Waals surface area contributed by atoms with E-state index in [4.69, 9.17) is 9.47 Å². The van der Waals surface area contributed by atoms with Crippen molar-refractivity contribution in [1.29, 1.82) is 0 Å². The number of fused-ring (bicyclic) bond motifs is 3. The van der Waals surface area contributed by atoms with E-state index in [0.29, 0.717) is 28.4 Å². The number of amides is 1. The molecular formula is C33H35N3O7. The zero-order chi connectivity index (χ0) is 30.7. The van der Waals surface area contributed by atoms with Gasteiger partial charge in [-0.15, -0.1) is 0 Å². The van der Waals surface area contributed by atoms with Crippen LogP contribution in [0.3, 0.4) is 0 Å². The number of methoxy groups -OCH3 is 1. The minimum Gasteiger partial charge on any atom is -0.493 e. The van der Waals surface area contributed by atoms with Crippen molar-refractivity contribution in [2.24, 2.45) is 13.0 Å². The Morgan fingerprint density at radius 3 is 2.44 bits per heavy atom. The first kappa shape index (κ1) is 29.8. The topological polar surface area (TPSA) is 126 Å². The number of nitrogens with zero attached hydrogens (tertiary/aromatic N) is 2. The van der Waals surface area contributed by atoms with Gasteiger partial charge in [-0.2, -0.15) is 0 Å². The molecule has 43 heavy (non-hydrogen) atoms. The molecule has 2 atom stereocenters. The summed E-state index contributed by atoms with van der Waals surface area (Å²) in [7, 11) is 3.15. The van der Waals surface area contributed by atoms with Crippen molar-refractivity contribution >= 4 is 45.2 Å². The van der Waals surface area contributed by atoms with Gasteiger partial charge in [0.15, 0.2) is 23.0 Å². The normalized spacial score (nSPS) is 16.6. The summed E-state index contributed by atoms with van der Waals surface area (Å²) in [5.41, 5.74) is 1.41. The third kappa shape index (κ3) is 6.09. The maximum Gasteiger partial charge on any atom is 0.303 e. The molecule has 1 aliphatic carbocycles. The van der Waals surface area contributed by atoms with E-state index < -0.39 is 11.5 Å². The average Bonchev–Trinajstić information content (AvgIpc) is 3.31. The van der Waals surface area contributed by atoms with Crippen LogP contribution in [0.4, 0.5) is 0 Å². The fraction of sp³-hybridized carbons (Fsp3) is 0.364. The molecule has 1 saturated carbocycles. The molecule has 0 spiro atoms. The van der Waals surface area contributed by atoms with Crippen LogP contribution >= 0.6 is 0 Å². The summed E-state index contributed by atoms with van der Waals surface area (Å²) >= 11 is 0. The van der Waals surface area contributed by atoms with Gasteiger partial charge >= 0.3 is 5.97 Å². The molecule has 10 nitrogen and oxygen atoms in total. The van der Waals surface area contributed by atoms with Gasteiger partial charge in [-0.25, -0.2) is 0 Å². The maximum atomic E-state index is 14.0. The Bertz CT molecular complexity index is 1770. The largest absolute Gasteiger partial charge is 0.493 e. The Labute approximate surface area is 248 Å². The van der Waals surface area contributed by atoms with E-state index in [-0.39, 0.29) is 65.8 Å². The van der Waals surface area contributed by atoms with E-state index in [2.05, 4.69) is 5.32 Å². The van der Waals surface area contributed by atoms with Gasteiger partial charge in [0.05, 0.1) is 24.7 Å². The Hall–Kier alpha value is -4.73. The predicted octanol–water partition coefficient (Wildman–Crippen LogP) is 4.20. The molecule has 0 aliphatic heterocycles. The van der Waals surface area contributed by atoms with E-state index in [1.165, 1.54) is 18.6 Å². The highest BCUT2D eigenvalue weighted by molar-refractivity contribution is 6.12. The van der Waals surface area contributed by atoms with Gasteiger partial charge in [0, 0.05) is 37.4 Å². The molecule has 0 saturated heterocycles. The summed E-state index contributed by atoms with van der Waals surface area (Å²) in [4.78, 5) is 64.3. The number of rotatable bonds is 10. The minimum atomic E-state index is -0.492. The van der Waals surface area contributed by atoms with E-state index in [1.54, 1.807) is 48.0 Å². The number of ketones is 2. The Balaban J connectivity index is 1.47. The average molecular weight is 586 g/mol.